The summed E-state index contributed by atoms with van der Waals surface area (Å²) in [5.41, 5.74) is 2.04. The molecule has 1 aromatic heterocycles. The lowest BCUT2D eigenvalue weighted by Gasteiger charge is -2.17. The van der Waals surface area contributed by atoms with Crippen molar-refractivity contribution < 1.29 is 4.79 Å². The minimum Gasteiger partial charge on any atom is -0.354 e. The average Bonchev–Trinajstić information content (AvgIpc) is 2.62. The zero-order valence-electron chi connectivity index (χ0n) is 13.7. The van der Waals surface area contributed by atoms with E-state index in [1.807, 2.05) is 30.1 Å². The number of anilines is 2. The summed E-state index contributed by atoms with van der Waals surface area (Å²) in [6.45, 7) is 0.712. The van der Waals surface area contributed by atoms with Gasteiger partial charge in [0.1, 0.15) is 0 Å². The predicted molar refractivity (Wildman–Crippen MR) is 100.0 cm³/mol. The Morgan fingerprint density at radius 3 is 2.52 bits per heavy atom. The van der Waals surface area contributed by atoms with Crippen molar-refractivity contribution in [2.45, 2.75) is 6.54 Å². The van der Waals surface area contributed by atoms with Crippen LogP contribution in [0.15, 0.2) is 66.7 Å². The number of rotatable bonds is 5. The molecule has 0 saturated carbocycles. The molecule has 0 bridgehead atoms. The third-order valence-electron chi connectivity index (χ3n) is 3.62. The van der Waals surface area contributed by atoms with Crippen LogP contribution in [0.4, 0.5) is 11.5 Å². The first-order valence-electron chi connectivity index (χ1n) is 7.77. The summed E-state index contributed by atoms with van der Waals surface area (Å²) in [5.74, 6) is 0.371. The normalized spacial score (nSPS) is 10.3. The lowest BCUT2D eigenvalue weighted by Crippen LogP contribution is -2.20. The maximum atomic E-state index is 12.2. The first-order chi connectivity index (χ1) is 12.1. The van der Waals surface area contributed by atoms with E-state index in [9.17, 15) is 4.79 Å². The molecule has 0 spiro atoms. The molecular weight excluding hydrogens is 336 g/mol. The van der Waals surface area contributed by atoms with Crippen LogP contribution < -0.4 is 10.2 Å². The summed E-state index contributed by atoms with van der Waals surface area (Å²) in [7, 11) is 1.93. The molecule has 3 rings (SSSR count). The Bertz CT molecular complexity index is 853. The number of benzene rings is 2. The first kappa shape index (κ1) is 16.9. The largest absolute Gasteiger partial charge is 0.354 e. The number of halogens is 1. The van der Waals surface area contributed by atoms with Crippen LogP contribution in [0, 0.1) is 0 Å². The molecule has 6 heteroatoms. The highest BCUT2D eigenvalue weighted by molar-refractivity contribution is 6.30. The molecule has 1 heterocycles. The third kappa shape index (κ3) is 4.55. The monoisotopic (exact) mass is 352 g/mol. The van der Waals surface area contributed by atoms with Gasteiger partial charge in [-0.25, -0.2) is 0 Å². The fourth-order valence-corrected chi connectivity index (χ4v) is 2.54. The molecule has 5 nitrogen and oxygen atoms in total. The summed E-state index contributed by atoms with van der Waals surface area (Å²) >= 11 is 5.91. The molecular formula is C19H17ClN4O. The smallest absolute Gasteiger partial charge is 0.276 e. The molecule has 126 valence electrons. The number of carbonyl (C=O) groups excluding carboxylic acids is 1. The molecule has 1 amide bonds. The van der Waals surface area contributed by atoms with Crippen LogP contribution in [-0.4, -0.2) is 23.2 Å². The Morgan fingerprint density at radius 2 is 1.84 bits per heavy atom. The molecule has 0 fully saturated rings. The summed E-state index contributed by atoms with van der Waals surface area (Å²) in [6.07, 6.45) is 0. The molecule has 0 aliphatic heterocycles. The molecule has 0 aliphatic carbocycles. The molecule has 25 heavy (non-hydrogen) atoms. The van der Waals surface area contributed by atoms with Crippen molar-refractivity contribution in [1.82, 2.24) is 10.2 Å². The number of carbonyl (C=O) groups is 1. The van der Waals surface area contributed by atoms with Gasteiger partial charge in [-0.2, -0.15) is 0 Å². The zero-order valence-corrected chi connectivity index (χ0v) is 14.4. The molecule has 2 aromatic carbocycles. The topological polar surface area (TPSA) is 58.1 Å². The second-order valence-electron chi connectivity index (χ2n) is 5.58. The fourth-order valence-electron chi connectivity index (χ4n) is 2.35. The summed E-state index contributed by atoms with van der Waals surface area (Å²) in [4.78, 5) is 14.2. The molecule has 0 saturated heterocycles. The minimum absolute atomic E-state index is 0.247. The van der Waals surface area contributed by atoms with E-state index >= 15 is 0 Å². The highest BCUT2D eigenvalue weighted by atomic mass is 35.5. The van der Waals surface area contributed by atoms with Gasteiger partial charge in [0.25, 0.3) is 5.91 Å². The van der Waals surface area contributed by atoms with Crippen molar-refractivity contribution in [1.29, 1.82) is 0 Å². The van der Waals surface area contributed by atoms with Gasteiger partial charge >= 0.3 is 0 Å². The lowest BCUT2D eigenvalue weighted by atomic mass is 10.2. The van der Waals surface area contributed by atoms with E-state index in [0.717, 1.165) is 0 Å². The summed E-state index contributed by atoms with van der Waals surface area (Å²) < 4.78 is 0. The maximum Gasteiger partial charge on any atom is 0.276 e. The van der Waals surface area contributed by atoms with Crippen LogP contribution in [-0.2, 0) is 6.54 Å². The Morgan fingerprint density at radius 1 is 1.04 bits per heavy atom. The summed E-state index contributed by atoms with van der Waals surface area (Å²) in [6, 6.07) is 20.5. The number of nitrogens with zero attached hydrogens (tertiary/aromatic N) is 3. The van der Waals surface area contributed by atoms with E-state index in [0.29, 0.717) is 23.1 Å². The Labute approximate surface area is 151 Å². The predicted octanol–water partition coefficient (Wildman–Crippen LogP) is 4.02. The van der Waals surface area contributed by atoms with Gasteiger partial charge < -0.3 is 10.2 Å². The Kier molecular flexibility index (Phi) is 5.26. The minimum atomic E-state index is -0.327. The highest BCUT2D eigenvalue weighted by Gasteiger charge is 2.10. The Balaban J connectivity index is 1.66. The average molecular weight is 353 g/mol. The van der Waals surface area contributed by atoms with Crippen LogP contribution >= 0.6 is 11.6 Å². The first-order valence-corrected chi connectivity index (χ1v) is 8.15. The number of aromatic nitrogens is 2. The Hall–Kier alpha value is -2.92. The van der Waals surface area contributed by atoms with Gasteiger partial charge in [0.05, 0.1) is 0 Å². The van der Waals surface area contributed by atoms with E-state index in [1.165, 1.54) is 5.56 Å². The van der Waals surface area contributed by atoms with Gasteiger partial charge in [-0.1, -0.05) is 48.0 Å². The second kappa shape index (κ2) is 7.77. The number of amides is 1. The number of hydrogen-bond acceptors (Lipinski definition) is 4. The van der Waals surface area contributed by atoms with Gasteiger partial charge in [-0.05, 0) is 35.9 Å². The summed E-state index contributed by atoms with van der Waals surface area (Å²) in [5, 5.41) is 11.5. The van der Waals surface area contributed by atoms with Crippen molar-refractivity contribution in [3.63, 3.8) is 0 Å². The fraction of sp³-hybridized carbons (Fsp3) is 0.105. The van der Waals surface area contributed by atoms with Crippen LogP contribution in [0.1, 0.15) is 16.1 Å². The van der Waals surface area contributed by atoms with Gasteiger partial charge in [0.15, 0.2) is 11.5 Å². The molecule has 1 N–H and O–H groups in total. The lowest BCUT2D eigenvalue weighted by molar-refractivity contribution is 0.102. The van der Waals surface area contributed by atoms with E-state index < -0.39 is 0 Å². The van der Waals surface area contributed by atoms with Crippen molar-refractivity contribution >= 4 is 29.0 Å². The molecule has 3 aromatic rings. The van der Waals surface area contributed by atoms with Crippen molar-refractivity contribution in [2.24, 2.45) is 0 Å². The number of hydrogen-bond donors (Lipinski definition) is 1. The molecule has 0 radical (unpaired) electrons. The van der Waals surface area contributed by atoms with Crippen molar-refractivity contribution in [3.05, 3.63) is 83.0 Å². The maximum absolute atomic E-state index is 12.2. The van der Waals surface area contributed by atoms with E-state index in [1.54, 1.807) is 36.4 Å². The van der Waals surface area contributed by atoms with Crippen LogP contribution in [0.3, 0.4) is 0 Å². The van der Waals surface area contributed by atoms with Gasteiger partial charge in [0, 0.05) is 24.3 Å². The highest BCUT2D eigenvalue weighted by Crippen LogP contribution is 2.16. The molecule has 0 unspecified atom stereocenters. The van der Waals surface area contributed by atoms with Crippen LogP contribution in [0.5, 0.6) is 0 Å². The van der Waals surface area contributed by atoms with E-state index in [-0.39, 0.29) is 11.6 Å². The standard InChI is InChI=1S/C19H17ClN4O/c1-24(13-14-6-3-2-4-7-14)18-11-10-17(22-23-18)19(25)21-16-9-5-8-15(20)12-16/h2-12H,13H2,1H3,(H,21,25). The van der Waals surface area contributed by atoms with Gasteiger partial charge in [0.2, 0.25) is 0 Å². The molecule has 0 atom stereocenters. The quantitative estimate of drug-likeness (QED) is 0.753. The van der Waals surface area contributed by atoms with Crippen LogP contribution in [0.25, 0.3) is 0 Å². The zero-order chi connectivity index (χ0) is 17.6. The second-order valence-corrected chi connectivity index (χ2v) is 6.02. The number of nitrogens with one attached hydrogen (secondary N) is 1. The van der Waals surface area contributed by atoms with E-state index in [2.05, 4.69) is 27.6 Å². The van der Waals surface area contributed by atoms with Gasteiger partial charge in [-0.3, -0.25) is 4.79 Å². The van der Waals surface area contributed by atoms with Crippen molar-refractivity contribution in [2.75, 3.05) is 17.3 Å². The SMILES string of the molecule is CN(Cc1ccccc1)c1ccc(C(=O)Nc2cccc(Cl)c2)nn1. The molecule has 0 aliphatic rings. The van der Waals surface area contributed by atoms with Crippen LogP contribution in [0.2, 0.25) is 5.02 Å². The van der Waals surface area contributed by atoms with Crippen molar-refractivity contribution in [3.8, 4) is 0 Å². The third-order valence-corrected chi connectivity index (χ3v) is 3.85. The van der Waals surface area contributed by atoms with E-state index in [4.69, 9.17) is 11.6 Å². The van der Waals surface area contributed by atoms with Gasteiger partial charge in [-0.15, -0.1) is 10.2 Å².